The standard InChI is InChI=1S/C12H8FNO3S2.C4H11NO2/c13-8-3-1-7(2-4-8)5-9-11(17)14(6-10(15)16)12(18)19-9;6-3-1-5-2-4-7/h1-5H,6H2,(H,15,16);5-7H,1-4H2/b9-5-;. The fourth-order valence-corrected chi connectivity index (χ4v) is 3.02. The summed E-state index contributed by atoms with van der Waals surface area (Å²) in [6, 6.07) is 5.62. The SMILES string of the molecule is O=C(O)CN1C(=O)/C(=C/c2ccc(F)cc2)SC1=S.OCCNCCO. The van der Waals surface area contributed by atoms with Crippen LogP contribution in [0.25, 0.3) is 6.08 Å². The molecule has 142 valence electrons. The van der Waals surface area contributed by atoms with Crippen molar-refractivity contribution in [1.29, 1.82) is 0 Å². The van der Waals surface area contributed by atoms with Gasteiger partial charge in [-0.3, -0.25) is 14.5 Å². The molecule has 7 nitrogen and oxygen atoms in total. The first-order chi connectivity index (χ1) is 12.4. The Morgan fingerprint density at radius 3 is 2.31 bits per heavy atom. The number of carbonyl (C=O) groups is 2. The van der Waals surface area contributed by atoms with E-state index in [9.17, 15) is 14.0 Å². The molecule has 0 saturated carbocycles. The van der Waals surface area contributed by atoms with Gasteiger partial charge in [-0.1, -0.05) is 36.1 Å². The molecule has 4 N–H and O–H groups in total. The first-order valence-corrected chi connectivity index (χ1v) is 8.76. The van der Waals surface area contributed by atoms with Crippen LogP contribution in [-0.4, -0.2) is 69.3 Å². The van der Waals surface area contributed by atoms with Gasteiger partial charge in [-0.15, -0.1) is 0 Å². The number of carboxylic acids is 1. The van der Waals surface area contributed by atoms with Crippen molar-refractivity contribution in [3.05, 3.63) is 40.6 Å². The Morgan fingerprint density at radius 1 is 1.23 bits per heavy atom. The number of thiocarbonyl (C=S) groups is 1. The highest BCUT2D eigenvalue weighted by molar-refractivity contribution is 8.26. The normalized spacial score (nSPS) is 15.2. The van der Waals surface area contributed by atoms with Gasteiger partial charge in [-0.25, -0.2) is 4.39 Å². The molecule has 1 aromatic rings. The molecular formula is C16H19FN2O5S2. The molecule has 0 aliphatic carbocycles. The van der Waals surface area contributed by atoms with Crippen LogP contribution >= 0.6 is 24.0 Å². The van der Waals surface area contributed by atoms with Crippen LogP contribution in [0.1, 0.15) is 5.56 Å². The maximum Gasteiger partial charge on any atom is 0.323 e. The summed E-state index contributed by atoms with van der Waals surface area (Å²) in [5.74, 6) is -1.93. The van der Waals surface area contributed by atoms with Crippen molar-refractivity contribution < 1.29 is 29.3 Å². The van der Waals surface area contributed by atoms with Crippen LogP contribution in [0.3, 0.4) is 0 Å². The maximum absolute atomic E-state index is 12.8. The lowest BCUT2D eigenvalue weighted by Crippen LogP contribution is -2.33. The van der Waals surface area contributed by atoms with Gasteiger partial charge in [0.25, 0.3) is 5.91 Å². The van der Waals surface area contributed by atoms with E-state index >= 15 is 0 Å². The van der Waals surface area contributed by atoms with Crippen LogP contribution in [0.5, 0.6) is 0 Å². The Bertz CT molecular complexity index is 663. The quantitative estimate of drug-likeness (QED) is 0.299. The molecule has 1 heterocycles. The summed E-state index contributed by atoms with van der Waals surface area (Å²) in [5, 5.41) is 27.8. The third kappa shape index (κ3) is 7.58. The molecule has 2 rings (SSSR count). The van der Waals surface area contributed by atoms with E-state index in [0.717, 1.165) is 16.7 Å². The number of nitrogens with one attached hydrogen (secondary N) is 1. The summed E-state index contributed by atoms with van der Waals surface area (Å²) >= 11 is 5.99. The minimum absolute atomic E-state index is 0.139. The minimum Gasteiger partial charge on any atom is -0.480 e. The molecule has 1 fully saturated rings. The number of nitrogens with zero attached hydrogens (tertiary/aromatic N) is 1. The van der Waals surface area contributed by atoms with Crippen LogP contribution in [0, 0.1) is 5.82 Å². The zero-order valence-electron chi connectivity index (χ0n) is 13.7. The predicted molar refractivity (Wildman–Crippen MR) is 101 cm³/mol. The van der Waals surface area contributed by atoms with E-state index < -0.39 is 18.4 Å². The molecule has 0 radical (unpaired) electrons. The Balaban J connectivity index is 0.000000412. The zero-order valence-corrected chi connectivity index (χ0v) is 15.4. The number of benzene rings is 1. The molecule has 10 heteroatoms. The molecule has 0 atom stereocenters. The summed E-state index contributed by atoms with van der Waals surface area (Å²) in [6.07, 6.45) is 1.56. The monoisotopic (exact) mass is 402 g/mol. The number of halogens is 1. The van der Waals surface area contributed by atoms with Crippen molar-refractivity contribution >= 4 is 46.3 Å². The number of aliphatic hydroxyl groups excluding tert-OH is 2. The van der Waals surface area contributed by atoms with E-state index in [1.807, 2.05) is 0 Å². The lowest BCUT2D eigenvalue weighted by Gasteiger charge is -2.10. The summed E-state index contributed by atoms with van der Waals surface area (Å²) in [6.45, 7) is 0.965. The number of carbonyl (C=O) groups excluding carboxylic acids is 1. The number of aliphatic carboxylic acids is 1. The van der Waals surface area contributed by atoms with E-state index in [1.54, 1.807) is 6.08 Å². The van der Waals surface area contributed by atoms with Gasteiger partial charge < -0.3 is 20.6 Å². The number of aliphatic hydroxyl groups is 2. The van der Waals surface area contributed by atoms with Crippen LogP contribution in [0.2, 0.25) is 0 Å². The Labute approximate surface area is 159 Å². The van der Waals surface area contributed by atoms with Crippen molar-refractivity contribution in [3.8, 4) is 0 Å². The van der Waals surface area contributed by atoms with Gasteiger partial charge in [-0.05, 0) is 23.8 Å². The lowest BCUT2D eigenvalue weighted by molar-refractivity contribution is -0.140. The van der Waals surface area contributed by atoms with E-state index in [0.29, 0.717) is 23.6 Å². The van der Waals surface area contributed by atoms with Crippen LogP contribution < -0.4 is 5.32 Å². The molecule has 1 amide bonds. The third-order valence-corrected chi connectivity index (χ3v) is 4.29. The van der Waals surface area contributed by atoms with Crippen molar-refractivity contribution in [1.82, 2.24) is 10.2 Å². The Morgan fingerprint density at radius 2 is 1.81 bits per heavy atom. The Kier molecular flexibility index (Phi) is 9.99. The second kappa shape index (κ2) is 11.7. The molecular weight excluding hydrogens is 383 g/mol. The molecule has 0 unspecified atom stereocenters. The molecule has 1 saturated heterocycles. The molecule has 0 bridgehead atoms. The fourth-order valence-electron chi connectivity index (χ4n) is 1.77. The molecule has 1 aromatic carbocycles. The van der Waals surface area contributed by atoms with Crippen molar-refractivity contribution in [2.24, 2.45) is 0 Å². The first-order valence-electron chi connectivity index (χ1n) is 7.54. The lowest BCUT2D eigenvalue weighted by atomic mass is 10.2. The largest absolute Gasteiger partial charge is 0.480 e. The van der Waals surface area contributed by atoms with Crippen molar-refractivity contribution in [2.45, 2.75) is 0 Å². The average Bonchev–Trinajstić information content (AvgIpc) is 2.85. The summed E-state index contributed by atoms with van der Waals surface area (Å²) in [7, 11) is 0. The average molecular weight is 402 g/mol. The number of thioether (sulfide) groups is 1. The zero-order chi connectivity index (χ0) is 19.5. The highest BCUT2D eigenvalue weighted by Gasteiger charge is 2.33. The molecule has 26 heavy (non-hydrogen) atoms. The van der Waals surface area contributed by atoms with Crippen molar-refractivity contribution in [3.63, 3.8) is 0 Å². The topological polar surface area (TPSA) is 110 Å². The fraction of sp³-hybridized carbons (Fsp3) is 0.312. The second-order valence-electron chi connectivity index (χ2n) is 4.91. The van der Waals surface area contributed by atoms with Gasteiger partial charge >= 0.3 is 5.97 Å². The van der Waals surface area contributed by atoms with Crippen LogP contribution in [0.4, 0.5) is 4.39 Å². The number of hydrogen-bond donors (Lipinski definition) is 4. The molecule has 1 aliphatic heterocycles. The van der Waals surface area contributed by atoms with Gasteiger partial charge in [-0.2, -0.15) is 0 Å². The molecule has 1 aliphatic rings. The van der Waals surface area contributed by atoms with E-state index in [1.165, 1.54) is 24.3 Å². The van der Waals surface area contributed by atoms with Gasteiger partial charge in [0.15, 0.2) is 0 Å². The van der Waals surface area contributed by atoms with Gasteiger partial charge in [0.1, 0.15) is 16.7 Å². The highest BCUT2D eigenvalue weighted by atomic mass is 32.2. The maximum atomic E-state index is 12.8. The van der Waals surface area contributed by atoms with Gasteiger partial charge in [0, 0.05) is 13.1 Å². The van der Waals surface area contributed by atoms with Gasteiger partial charge in [0.2, 0.25) is 0 Å². The van der Waals surface area contributed by atoms with Crippen LogP contribution in [0.15, 0.2) is 29.2 Å². The van der Waals surface area contributed by atoms with E-state index in [-0.39, 0.29) is 23.4 Å². The first kappa shape index (κ1) is 22.2. The Hall–Kier alpha value is -1.85. The number of carboxylic acid groups (broad SMARTS) is 1. The van der Waals surface area contributed by atoms with Gasteiger partial charge in [0.05, 0.1) is 18.1 Å². The third-order valence-electron chi connectivity index (χ3n) is 2.91. The second-order valence-corrected chi connectivity index (χ2v) is 6.59. The number of rotatable bonds is 7. The summed E-state index contributed by atoms with van der Waals surface area (Å²) in [4.78, 5) is 23.9. The smallest absolute Gasteiger partial charge is 0.323 e. The van der Waals surface area contributed by atoms with E-state index in [2.05, 4.69) is 5.32 Å². The summed E-state index contributed by atoms with van der Waals surface area (Å²) < 4.78 is 13.0. The van der Waals surface area contributed by atoms with Crippen LogP contribution in [-0.2, 0) is 9.59 Å². The number of amides is 1. The highest BCUT2D eigenvalue weighted by Crippen LogP contribution is 2.32. The number of hydrogen-bond acceptors (Lipinski definition) is 7. The predicted octanol–water partition coefficient (Wildman–Crippen LogP) is 0.672. The van der Waals surface area contributed by atoms with E-state index in [4.69, 9.17) is 27.5 Å². The summed E-state index contributed by atoms with van der Waals surface area (Å²) in [5.41, 5.74) is 0.650. The molecule has 0 spiro atoms. The van der Waals surface area contributed by atoms with Crippen molar-refractivity contribution in [2.75, 3.05) is 32.8 Å². The minimum atomic E-state index is -1.13. The molecule has 0 aromatic heterocycles.